The molecule has 3 aromatic rings. The summed E-state index contributed by atoms with van der Waals surface area (Å²) in [5.74, 6) is -1.99. The predicted octanol–water partition coefficient (Wildman–Crippen LogP) is 14.2. The number of fused-ring (bicyclic) bond motifs is 10. The molecule has 2 spiro atoms. The Balaban J connectivity index is 1.37. The monoisotopic (exact) mass is 940 g/mol. The fourth-order valence-electron chi connectivity index (χ4n) is 10.6. The van der Waals surface area contributed by atoms with Crippen molar-refractivity contribution in [1.29, 1.82) is 0 Å². The van der Waals surface area contributed by atoms with Crippen LogP contribution in [0.1, 0.15) is 192 Å². The van der Waals surface area contributed by atoms with Crippen LogP contribution in [-0.4, -0.2) is 54.8 Å². The number of hydrogen-bond donors (Lipinski definition) is 0. The Bertz CT molecular complexity index is 1780. The maximum atomic E-state index is 7.42. The molecular formula is C49H76N2O4S2Sn. The van der Waals surface area contributed by atoms with Gasteiger partial charge in [0.2, 0.25) is 0 Å². The van der Waals surface area contributed by atoms with Crippen LogP contribution in [0.15, 0.2) is 12.1 Å². The van der Waals surface area contributed by atoms with E-state index in [2.05, 4.69) is 67.5 Å². The molecule has 2 fully saturated rings. The van der Waals surface area contributed by atoms with Crippen LogP contribution in [0.25, 0.3) is 20.9 Å². The maximum absolute atomic E-state index is 7.42. The molecule has 0 atom stereocenters. The van der Waals surface area contributed by atoms with Crippen LogP contribution >= 0.6 is 22.7 Å². The molecule has 6 nitrogen and oxygen atoms in total. The van der Waals surface area contributed by atoms with Crippen molar-refractivity contribution in [3.8, 4) is 20.9 Å². The average molecular weight is 940 g/mol. The number of aromatic nitrogens is 2. The fourth-order valence-corrected chi connectivity index (χ4v) is 31.3. The SMILES string of the molecule is CCCCC1(CCCC)COC2(OC1)c1cc3c(cc1-c1sc(C)nc12)C1(OCC(CCCC)(CCCC)CO1)c1n[c]([Sn]([CH2]CCC)([CH2]CCC)[CH2]CCC)sc1-3. The second kappa shape index (κ2) is 19.2. The summed E-state index contributed by atoms with van der Waals surface area (Å²) in [5, 5.41) is 1.05. The molecule has 0 unspecified atom stereocenters. The number of nitrogens with zero attached hydrogens (tertiary/aromatic N) is 2. The Hall–Kier alpha value is -0.881. The first kappa shape index (κ1) is 45.2. The standard InChI is InChI=1S/C37H49N2O4S2.3C4H9.Sn/c1-6-10-14-34(15-11-7-2)20-40-36(41-21-34)28-19-27-29(18-26(28)30-32(36)38-24-44-30)37(33-31(27)45-25(5)39-33)42-22-35(23-43-37,16-12-8-3)17-13-9-4;3*1-3-4-2;/h18-19H,6-17,20-23H2,1-5H3;3*1,3-4H2,2H3;. The second-order valence-electron chi connectivity index (χ2n) is 18.9. The fraction of sp³-hybridized carbons (Fsp3) is 0.755. The Labute approximate surface area is 364 Å². The van der Waals surface area contributed by atoms with Crippen molar-refractivity contribution in [3.05, 3.63) is 39.7 Å². The van der Waals surface area contributed by atoms with Crippen molar-refractivity contribution in [3.63, 3.8) is 0 Å². The quantitative estimate of drug-likeness (QED) is 0.0936. The average Bonchev–Trinajstić information content (AvgIpc) is 3.99. The molecule has 322 valence electrons. The van der Waals surface area contributed by atoms with Crippen LogP contribution < -0.4 is 3.02 Å². The summed E-state index contributed by atoms with van der Waals surface area (Å²) in [6, 6.07) is 4.83. The van der Waals surface area contributed by atoms with Crippen LogP contribution in [0.4, 0.5) is 0 Å². The Morgan fingerprint density at radius 2 is 0.879 bits per heavy atom. The van der Waals surface area contributed by atoms with Crippen molar-refractivity contribution < 1.29 is 18.9 Å². The van der Waals surface area contributed by atoms with Crippen LogP contribution in [0.2, 0.25) is 13.3 Å². The zero-order valence-corrected chi connectivity index (χ0v) is 42.2. The van der Waals surface area contributed by atoms with Gasteiger partial charge in [0.15, 0.2) is 0 Å². The Morgan fingerprint density at radius 1 is 0.517 bits per heavy atom. The minimum absolute atomic E-state index is 0.0416. The molecule has 2 aromatic heterocycles. The van der Waals surface area contributed by atoms with E-state index < -0.39 is 30.0 Å². The van der Waals surface area contributed by atoms with Gasteiger partial charge in [-0.25, -0.2) is 0 Å². The van der Waals surface area contributed by atoms with Gasteiger partial charge in [0.25, 0.3) is 0 Å². The molecule has 0 bridgehead atoms. The van der Waals surface area contributed by atoms with E-state index in [9.17, 15) is 0 Å². The second-order valence-corrected chi connectivity index (χ2v) is 35.1. The van der Waals surface area contributed by atoms with Gasteiger partial charge in [-0.1, -0.05) is 26.7 Å². The van der Waals surface area contributed by atoms with Gasteiger partial charge in [-0.15, -0.1) is 0 Å². The molecule has 58 heavy (non-hydrogen) atoms. The van der Waals surface area contributed by atoms with Gasteiger partial charge in [0, 0.05) is 0 Å². The summed E-state index contributed by atoms with van der Waals surface area (Å²) in [4.78, 5) is 13.6. The zero-order valence-electron chi connectivity index (χ0n) is 37.7. The van der Waals surface area contributed by atoms with Crippen LogP contribution in [0.3, 0.4) is 0 Å². The third kappa shape index (κ3) is 8.22. The molecule has 9 heteroatoms. The topological polar surface area (TPSA) is 62.7 Å². The van der Waals surface area contributed by atoms with Gasteiger partial charge in [-0.3, -0.25) is 0 Å². The molecule has 2 saturated heterocycles. The van der Waals surface area contributed by atoms with E-state index in [-0.39, 0.29) is 10.8 Å². The summed E-state index contributed by atoms with van der Waals surface area (Å²) in [5.41, 5.74) is 6.73. The van der Waals surface area contributed by atoms with E-state index in [4.69, 9.17) is 28.9 Å². The summed E-state index contributed by atoms with van der Waals surface area (Å²) in [6.07, 6.45) is 21.9. The minimum atomic E-state index is -2.91. The summed E-state index contributed by atoms with van der Waals surface area (Å²) < 4.78 is 35.0. The predicted molar refractivity (Wildman–Crippen MR) is 246 cm³/mol. The van der Waals surface area contributed by atoms with Crippen LogP contribution in [0, 0.1) is 17.8 Å². The number of unbranched alkanes of at least 4 members (excludes halogenated alkanes) is 7. The van der Waals surface area contributed by atoms with E-state index in [0.29, 0.717) is 26.4 Å². The first-order valence-electron chi connectivity index (χ1n) is 23.9. The Kier molecular flexibility index (Phi) is 15.0. The van der Waals surface area contributed by atoms with E-state index in [0.717, 1.165) is 53.2 Å². The van der Waals surface area contributed by atoms with Gasteiger partial charge in [-0.05, 0) is 0 Å². The number of hydrogen-bond acceptors (Lipinski definition) is 8. The molecule has 4 aliphatic rings. The van der Waals surface area contributed by atoms with Crippen molar-refractivity contribution in [2.45, 2.75) is 196 Å². The molecule has 7 rings (SSSR count). The summed E-state index contributed by atoms with van der Waals surface area (Å²) in [7, 11) is 0. The number of aryl methyl sites for hydroxylation is 1. The van der Waals surface area contributed by atoms with Crippen molar-refractivity contribution in [2.75, 3.05) is 26.4 Å². The molecule has 0 N–H and O–H groups in total. The zero-order chi connectivity index (χ0) is 41.0. The van der Waals surface area contributed by atoms with Gasteiger partial charge < -0.3 is 0 Å². The molecule has 2 aliphatic carbocycles. The van der Waals surface area contributed by atoms with Crippen LogP contribution in [0.5, 0.6) is 0 Å². The van der Waals surface area contributed by atoms with Gasteiger partial charge >= 0.3 is 340 Å². The normalized spacial score (nSPS) is 19.4. The Morgan fingerprint density at radius 3 is 1.26 bits per heavy atom. The molecule has 0 amide bonds. The van der Waals surface area contributed by atoms with Crippen molar-refractivity contribution >= 4 is 44.1 Å². The van der Waals surface area contributed by atoms with Crippen LogP contribution in [-0.2, 0) is 30.5 Å². The van der Waals surface area contributed by atoms with E-state index in [1.54, 1.807) is 11.3 Å². The summed E-state index contributed by atoms with van der Waals surface area (Å²) >= 11 is 0.897. The van der Waals surface area contributed by atoms with E-state index in [1.807, 2.05) is 11.3 Å². The first-order chi connectivity index (χ1) is 28.2. The van der Waals surface area contributed by atoms with Gasteiger partial charge in [-0.2, -0.15) is 0 Å². The molecule has 2 aliphatic heterocycles. The molecular weight excluding hydrogens is 863 g/mol. The third-order valence-electron chi connectivity index (χ3n) is 14.4. The molecule has 4 heterocycles. The van der Waals surface area contributed by atoms with E-state index >= 15 is 0 Å². The molecule has 0 radical (unpaired) electrons. The summed E-state index contributed by atoms with van der Waals surface area (Å²) in [6.45, 7) is 21.3. The number of rotatable bonds is 22. The first-order valence-corrected chi connectivity index (χ1v) is 33.0. The van der Waals surface area contributed by atoms with Gasteiger partial charge in [0.05, 0.1) is 0 Å². The number of thiazole rings is 2. The van der Waals surface area contributed by atoms with Crippen molar-refractivity contribution in [2.24, 2.45) is 10.8 Å². The number of benzene rings is 1. The van der Waals surface area contributed by atoms with Gasteiger partial charge in [0.1, 0.15) is 0 Å². The third-order valence-corrected chi connectivity index (χ3v) is 34.2. The van der Waals surface area contributed by atoms with E-state index in [1.165, 1.54) is 127 Å². The molecule has 1 aromatic carbocycles. The van der Waals surface area contributed by atoms with Crippen molar-refractivity contribution in [1.82, 2.24) is 9.97 Å². The number of ether oxygens (including phenoxy) is 4. The molecule has 0 saturated carbocycles.